The summed E-state index contributed by atoms with van der Waals surface area (Å²) in [6, 6.07) is 5.33. The third kappa shape index (κ3) is 4.04. The number of nitrogens with zero attached hydrogens (tertiary/aromatic N) is 4. The largest absolute Gasteiger partial charge is 0.334 e. The smallest absolute Gasteiger partial charge is 0.272 e. The molecule has 102 valence electrons. The van der Waals surface area contributed by atoms with Crippen LogP contribution in [-0.2, 0) is 0 Å². The van der Waals surface area contributed by atoms with Crippen molar-refractivity contribution < 1.29 is 4.79 Å². The van der Waals surface area contributed by atoms with Crippen LogP contribution in [0.15, 0.2) is 18.3 Å². The maximum absolute atomic E-state index is 12.4. The van der Waals surface area contributed by atoms with Gasteiger partial charge in [0.15, 0.2) is 0 Å². The zero-order chi connectivity index (χ0) is 14.4. The lowest BCUT2D eigenvalue weighted by atomic mass is 10.2. The molecule has 0 aliphatic rings. The highest BCUT2D eigenvalue weighted by Crippen LogP contribution is 2.08. The second kappa shape index (κ2) is 6.86. The lowest BCUT2D eigenvalue weighted by molar-refractivity contribution is 0.0673. The number of carbonyl (C=O) groups excluding carboxylic acids is 1. The Labute approximate surface area is 114 Å². The van der Waals surface area contributed by atoms with Crippen molar-refractivity contribution in [3.05, 3.63) is 29.6 Å². The quantitative estimate of drug-likeness (QED) is 0.802. The highest BCUT2D eigenvalue weighted by atomic mass is 16.2. The Morgan fingerprint density at radius 2 is 2.16 bits per heavy atom. The van der Waals surface area contributed by atoms with Crippen molar-refractivity contribution in [2.24, 2.45) is 0 Å². The molecular weight excluding hydrogens is 240 g/mol. The fraction of sp³-hybridized carbons (Fsp3) is 0.500. The molecule has 1 heterocycles. The molecule has 0 bridgehead atoms. The molecule has 5 nitrogen and oxygen atoms in total. The van der Waals surface area contributed by atoms with Crippen molar-refractivity contribution >= 4 is 5.91 Å². The van der Waals surface area contributed by atoms with Crippen molar-refractivity contribution in [3.63, 3.8) is 0 Å². The maximum Gasteiger partial charge on any atom is 0.272 e. The number of hydrogen-bond donors (Lipinski definition) is 0. The molecule has 19 heavy (non-hydrogen) atoms. The van der Waals surface area contributed by atoms with E-state index in [-0.39, 0.29) is 11.9 Å². The van der Waals surface area contributed by atoms with Gasteiger partial charge in [0.05, 0.1) is 5.56 Å². The Hall–Kier alpha value is -1.93. The first-order valence-electron chi connectivity index (χ1n) is 6.31. The van der Waals surface area contributed by atoms with Gasteiger partial charge in [-0.2, -0.15) is 5.26 Å². The molecule has 1 amide bonds. The Kier molecular flexibility index (Phi) is 5.46. The molecule has 0 fully saturated rings. The van der Waals surface area contributed by atoms with Gasteiger partial charge in [-0.25, -0.2) is 4.98 Å². The molecular formula is C14H20N4O. The van der Waals surface area contributed by atoms with Crippen molar-refractivity contribution in [3.8, 4) is 6.07 Å². The van der Waals surface area contributed by atoms with E-state index in [4.69, 9.17) is 5.26 Å². The van der Waals surface area contributed by atoms with Crippen molar-refractivity contribution in [1.82, 2.24) is 14.8 Å². The van der Waals surface area contributed by atoms with E-state index in [1.807, 2.05) is 38.9 Å². The molecule has 0 radical (unpaired) electrons. The molecule has 0 N–H and O–H groups in total. The first-order chi connectivity index (χ1) is 8.99. The number of aromatic nitrogens is 1. The lowest BCUT2D eigenvalue weighted by Gasteiger charge is -2.29. The molecule has 1 rings (SSSR count). The monoisotopic (exact) mass is 260 g/mol. The first kappa shape index (κ1) is 15.1. The fourth-order valence-electron chi connectivity index (χ4n) is 2.02. The summed E-state index contributed by atoms with van der Waals surface area (Å²) in [6.07, 6.45) is 1.43. The van der Waals surface area contributed by atoms with Crippen LogP contribution >= 0.6 is 0 Å². The van der Waals surface area contributed by atoms with Gasteiger partial charge < -0.3 is 9.80 Å². The van der Waals surface area contributed by atoms with Gasteiger partial charge in [-0.3, -0.25) is 4.79 Å². The second-order valence-corrected chi connectivity index (χ2v) is 4.75. The summed E-state index contributed by atoms with van der Waals surface area (Å²) in [6.45, 7) is 5.41. The predicted molar refractivity (Wildman–Crippen MR) is 73.7 cm³/mol. The van der Waals surface area contributed by atoms with Gasteiger partial charge in [0, 0.05) is 25.3 Å². The predicted octanol–water partition coefficient (Wildman–Crippen LogP) is 1.37. The Morgan fingerprint density at radius 3 is 2.58 bits per heavy atom. The van der Waals surface area contributed by atoms with E-state index in [0.29, 0.717) is 17.8 Å². The van der Waals surface area contributed by atoms with Crippen molar-refractivity contribution in [2.75, 3.05) is 27.2 Å². The van der Waals surface area contributed by atoms with E-state index in [0.717, 1.165) is 6.54 Å². The maximum atomic E-state index is 12.4. The normalized spacial score (nSPS) is 12.0. The van der Waals surface area contributed by atoms with Gasteiger partial charge >= 0.3 is 0 Å². The second-order valence-electron chi connectivity index (χ2n) is 4.75. The van der Waals surface area contributed by atoms with Crippen LogP contribution in [0.2, 0.25) is 0 Å². The highest BCUT2D eigenvalue weighted by molar-refractivity contribution is 5.92. The molecule has 1 aromatic heterocycles. The number of rotatable bonds is 5. The summed E-state index contributed by atoms with van der Waals surface area (Å²) in [4.78, 5) is 20.2. The van der Waals surface area contributed by atoms with Crippen molar-refractivity contribution in [1.29, 1.82) is 5.26 Å². The van der Waals surface area contributed by atoms with Crippen LogP contribution in [0.25, 0.3) is 0 Å². The standard InChI is InChI=1S/C14H20N4O/c1-5-18(11(2)10-17(3)4)14(19)13-7-6-12(8-15)9-16-13/h6-7,9,11H,5,10H2,1-4H3. The zero-order valence-corrected chi connectivity index (χ0v) is 11.9. The van der Waals surface area contributed by atoms with Gasteiger partial charge in [0.1, 0.15) is 11.8 Å². The van der Waals surface area contributed by atoms with E-state index < -0.39 is 0 Å². The Morgan fingerprint density at radius 1 is 1.47 bits per heavy atom. The van der Waals surface area contributed by atoms with Crippen LogP contribution in [0.3, 0.4) is 0 Å². The van der Waals surface area contributed by atoms with E-state index in [2.05, 4.69) is 4.98 Å². The van der Waals surface area contributed by atoms with Crippen LogP contribution in [0.1, 0.15) is 29.9 Å². The Balaban J connectivity index is 2.85. The van der Waals surface area contributed by atoms with E-state index in [9.17, 15) is 4.79 Å². The minimum Gasteiger partial charge on any atom is -0.334 e. The topological polar surface area (TPSA) is 60.2 Å². The van der Waals surface area contributed by atoms with E-state index in [1.54, 1.807) is 17.0 Å². The number of amides is 1. The van der Waals surface area contributed by atoms with Crippen molar-refractivity contribution in [2.45, 2.75) is 19.9 Å². The van der Waals surface area contributed by atoms with Gasteiger partial charge in [-0.05, 0) is 40.1 Å². The summed E-state index contributed by atoms with van der Waals surface area (Å²) in [7, 11) is 3.96. The van der Waals surface area contributed by atoms with E-state index in [1.165, 1.54) is 6.20 Å². The molecule has 0 spiro atoms. The van der Waals surface area contributed by atoms with Crippen LogP contribution in [0, 0.1) is 11.3 Å². The zero-order valence-electron chi connectivity index (χ0n) is 11.9. The third-order valence-corrected chi connectivity index (χ3v) is 2.87. The summed E-state index contributed by atoms with van der Waals surface area (Å²) in [5.41, 5.74) is 0.840. The molecule has 1 aromatic rings. The van der Waals surface area contributed by atoms with Crippen LogP contribution in [0.4, 0.5) is 0 Å². The molecule has 0 saturated carbocycles. The molecule has 0 aliphatic carbocycles. The molecule has 5 heteroatoms. The molecule has 0 aromatic carbocycles. The fourth-order valence-corrected chi connectivity index (χ4v) is 2.02. The van der Waals surface area contributed by atoms with Gasteiger partial charge in [-0.15, -0.1) is 0 Å². The number of nitriles is 1. The first-order valence-corrected chi connectivity index (χ1v) is 6.31. The average molecular weight is 260 g/mol. The van der Waals surface area contributed by atoms with E-state index >= 15 is 0 Å². The molecule has 1 unspecified atom stereocenters. The summed E-state index contributed by atoms with van der Waals surface area (Å²) in [5, 5.41) is 8.72. The average Bonchev–Trinajstić information content (AvgIpc) is 2.38. The lowest BCUT2D eigenvalue weighted by Crippen LogP contribution is -2.44. The van der Waals surface area contributed by atoms with Gasteiger partial charge in [0.25, 0.3) is 5.91 Å². The SMILES string of the molecule is CCN(C(=O)c1ccc(C#N)cn1)C(C)CN(C)C. The molecule has 0 saturated heterocycles. The van der Waals surface area contributed by atoms with Gasteiger partial charge in [0.2, 0.25) is 0 Å². The minimum atomic E-state index is -0.0960. The molecule has 0 aliphatic heterocycles. The summed E-state index contributed by atoms with van der Waals surface area (Å²) in [5.74, 6) is -0.0960. The number of hydrogen-bond acceptors (Lipinski definition) is 4. The number of pyridine rings is 1. The third-order valence-electron chi connectivity index (χ3n) is 2.87. The van der Waals surface area contributed by atoms with Crippen LogP contribution in [-0.4, -0.2) is 53.9 Å². The highest BCUT2D eigenvalue weighted by Gasteiger charge is 2.21. The molecule has 1 atom stereocenters. The number of carbonyl (C=O) groups is 1. The van der Waals surface area contributed by atoms with Crippen LogP contribution < -0.4 is 0 Å². The number of likely N-dealkylation sites (N-methyl/N-ethyl adjacent to an activating group) is 2. The minimum absolute atomic E-state index is 0.0960. The van der Waals surface area contributed by atoms with Gasteiger partial charge in [-0.1, -0.05) is 0 Å². The van der Waals surface area contributed by atoms with Crippen LogP contribution in [0.5, 0.6) is 0 Å². The Bertz CT molecular complexity index is 461. The summed E-state index contributed by atoms with van der Waals surface area (Å²) < 4.78 is 0. The summed E-state index contributed by atoms with van der Waals surface area (Å²) >= 11 is 0.